The number of benzene rings is 1. The van der Waals surface area contributed by atoms with E-state index < -0.39 is 11.2 Å². The van der Waals surface area contributed by atoms with Crippen LogP contribution in [-0.4, -0.2) is 33.9 Å². The fourth-order valence-corrected chi connectivity index (χ4v) is 4.11. The quantitative estimate of drug-likeness (QED) is 0.736. The minimum Gasteiger partial charge on any atom is -0.484 e. The number of aromatic nitrogens is 2. The molecule has 9 heteroatoms. The van der Waals surface area contributed by atoms with Gasteiger partial charge >= 0.3 is 0 Å². The lowest BCUT2D eigenvalue weighted by atomic mass is 9.39. The number of hydrogen-bond acceptors (Lipinski definition) is 5. The molecule has 2 bridgehead atoms. The van der Waals surface area contributed by atoms with Gasteiger partial charge < -0.3 is 15.4 Å². The summed E-state index contributed by atoms with van der Waals surface area (Å²) in [5.41, 5.74) is -0.0492. The number of nitrogens with zero attached hydrogens (tertiary/aromatic N) is 2. The number of rotatable bonds is 7. The van der Waals surface area contributed by atoms with Crippen LogP contribution in [0.25, 0.3) is 0 Å². The number of halogens is 2. The Morgan fingerprint density at radius 2 is 2.04 bits per heavy atom. The molecule has 28 heavy (non-hydrogen) atoms. The van der Waals surface area contributed by atoms with Crippen LogP contribution in [0, 0.1) is 11.2 Å². The zero-order valence-electron chi connectivity index (χ0n) is 14.9. The monoisotopic (exact) mass is 404 g/mol. The first kappa shape index (κ1) is 18.6. The molecule has 0 spiro atoms. The summed E-state index contributed by atoms with van der Waals surface area (Å²) < 4.78 is 18.7. The van der Waals surface area contributed by atoms with Crippen LogP contribution in [0.1, 0.15) is 25.0 Å². The molecule has 3 aliphatic carbocycles. The van der Waals surface area contributed by atoms with Gasteiger partial charge in [0.05, 0.1) is 28.9 Å². The molecule has 3 aliphatic rings. The van der Waals surface area contributed by atoms with Crippen LogP contribution < -0.4 is 15.4 Å². The molecule has 0 atom stereocenters. The lowest BCUT2D eigenvalue weighted by molar-refractivity contribution is -0.184. The Labute approximate surface area is 165 Å². The van der Waals surface area contributed by atoms with E-state index in [0.29, 0.717) is 31.5 Å². The first-order valence-corrected chi connectivity index (χ1v) is 9.20. The molecule has 7 nitrogen and oxygen atoms in total. The highest BCUT2D eigenvalue weighted by Gasteiger charge is 2.72. The SMILES string of the molecule is O=C(COc1ccc(Cl)c(F)c1)NC12CC(C(=O)NCc3cnccn3)(C1)C2. The minimum absolute atomic E-state index is 0.00597. The maximum atomic E-state index is 13.4. The normalized spacial score (nSPS) is 24.5. The standard InChI is InChI=1S/C19H18ClFN4O3/c20-14-2-1-13(5-15(14)21)28-8-16(26)25-19-9-18(10-19,11-19)17(27)24-7-12-6-22-3-4-23-12/h1-6H,7-11H2,(H,24,27)(H,25,26). The summed E-state index contributed by atoms with van der Waals surface area (Å²) in [5, 5.41) is 5.80. The maximum absolute atomic E-state index is 13.4. The predicted octanol–water partition coefficient (Wildman–Crippen LogP) is 2.00. The van der Waals surface area contributed by atoms with Gasteiger partial charge in [-0.05, 0) is 31.4 Å². The van der Waals surface area contributed by atoms with E-state index in [1.165, 1.54) is 12.1 Å². The van der Waals surface area contributed by atoms with Gasteiger partial charge in [-0.3, -0.25) is 19.6 Å². The first-order valence-electron chi connectivity index (χ1n) is 8.82. The lowest BCUT2D eigenvalue weighted by Gasteiger charge is -2.69. The molecular weight excluding hydrogens is 387 g/mol. The van der Waals surface area contributed by atoms with Crippen molar-refractivity contribution in [3.8, 4) is 5.75 Å². The fourth-order valence-electron chi connectivity index (χ4n) is 3.99. The number of carbonyl (C=O) groups excluding carboxylic acids is 2. The molecule has 2 N–H and O–H groups in total. The van der Waals surface area contributed by atoms with Crippen molar-refractivity contribution >= 4 is 23.4 Å². The van der Waals surface area contributed by atoms with Crippen molar-refractivity contribution in [2.45, 2.75) is 31.3 Å². The molecule has 3 fully saturated rings. The molecule has 0 radical (unpaired) electrons. The summed E-state index contributed by atoms with van der Waals surface area (Å²) in [6.45, 7) is 0.105. The Balaban J connectivity index is 1.21. The number of nitrogens with one attached hydrogen (secondary N) is 2. The molecule has 0 saturated heterocycles. The third-order valence-electron chi connectivity index (χ3n) is 5.22. The Hall–Kier alpha value is -2.74. The second-order valence-corrected chi connectivity index (χ2v) is 7.79. The van der Waals surface area contributed by atoms with Gasteiger partial charge in [0.25, 0.3) is 5.91 Å². The first-order chi connectivity index (χ1) is 13.4. The van der Waals surface area contributed by atoms with Gasteiger partial charge in [-0.1, -0.05) is 11.6 Å². The van der Waals surface area contributed by atoms with Crippen molar-refractivity contribution in [3.05, 3.63) is 53.3 Å². The van der Waals surface area contributed by atoms with Crippen LogP contribution in [-0.2, 0) is 16.1 Å². The van der Waals surface area contributed by atoms with Crippen LogP contribution in [0.3, 0.4) is 0 Å². The van der Waals surface area contributed by atoms with E-state index in [1.54, 1.807) is 18.6 Å². The average molecular weight is 405 g/mol. The lowest BCUT2D eigenvalue weighted by Crippen LogP contribution is -2.78. The van der Waals surface area contributed by atoms with E-state index in [2.05, 4.69) is 20.6 Å². The van der Waals surface area contributed by atoms with Gasteiger partial charge in [0, 0.05) is 24.0 Å². The molecule has 0 unspecified atom stereocenters. The van der Waals surface area contributed by atoms with Gasteiger partial charge in [-0.25, -0.2) is 4.39 Å². The highest BCUT2D eigenvalue weighted by Crippen LogP contribution is 2.67. The molecule has 1 heterocycles. The van der Waals surface area contributed by atoms with Crippen molar-refractivity contribution in [2.75, 3.05) is 6.61 Å². The molecule has 0 aliphatic heterocycles. The zero-order chi connectivity index (χ0) is 19.8. The van der Waals surface area contributed by atoms with E-state index >= 15 is 0 Å². The van der Waals surface area contributed by atoms with Gasteiger partial charge in [-0.15, -0.1) is 0 Å². The second kappa shape index (κ2) is 7.01. The minimum atomic E-state index is -0.603. The molecule has 3 saturated carbocycles. The molecule has 5 rings (SSSR count). The Morgan fingerprint density at radius 1 is 1.25 bits per heavy atom. The highest BCUT2D eigenvalue weighted by atomic mass is 35.5. The largest absolute Gasteiger partial charge is 0.484 e. The molecule has 146 valence electrons. The van der Waals surface area contributed by atoms with Gasteiger partial charge in [-0.2, -0.15) is 0 Å². The van der Waals surface area contributed by atoms with E-state index in [9.17, 15) is 14.0 Å². The molecule has 1 aromatic heterocycles. The summed E-state index contributed by atoms with van der Waals surface area (Å²) in [4.78, 5) is 32.6. The third-order valence-corrected chi connectivity index (χ3v) is 5.53. The van der Waals surface area contributed by atoms with Crippen LogP contribution in [0.5, 0.6) is 5.75 Å². The van der Waals surface area contributed by atoms with Gasteiger partial charge in [0.1, 0.15) is 11.6 Å². The summed E-state index contributed by atoms with van der Waals surface area (Å²) >= 11 is 5.61. The second-order valence-electron chi connectivity index (χ2n) is 7.38. The zero-order valence-corrected chi connectivity index (χ0v) is 15.6. The Morgan fingerprint density at radius 3 is 2.71 bits per heavy atom. The van der Waals surface area contributed by atoms with Crippen molar-refractivity contribution in [1.82, 2.24) is 20.6 Å². The topological polar surface area (TPSA) is 93.2 Å². The maximum Gasteiger partial charge on any atom is 0.258 e. The van der Waals surface area contributed by atoms with Crippen LogP contribution in [0.4, 0.5) is 4.39 Å². The molecular formula is C19H18ClFN4O3. The average Bonchev–Trinajstić information content (AvgIpc) is 2.63. The highest BCUT2D eigenvalue weighted by molar-refractivity contribution is 6.30. The van der Waals surface area contributed by atoms with E-state index in [1.807, 2.05) is 0 Å². The van der Waals surface area contributed by atoms with Crippen molar-refractivity contribution in [3.63, 3.8) is 0 Å². The van der Waals surface area contributed by atoms with Gasteiger partial charge in [0.15, 0.2) is 6.61 Å². The number of ether oxygens (including phenoxy) is 1. The summed E-state index contributed by atoms with van der Waals surface area (Å²) in [7, 11) is 0. The van der Waals surface area contributed by atoms with Crippen molar-refractivity contribution in [1.29, 1.82) is 0 Å². The number of amides is 2. The fraction of sp³-hybridized carbons (Fsp3) is 0.368. The number of hydrogen-bond donors (Lipinski definition) is 2. The molecule has 2 amide bonds. The van der Waals surface area contributed by atoms with E-state index in [0.717, 1.165) is 6.07 Å². The van der Waals surface area contributed by atoms with Gasteiger partial charge in [0.2, 0.25) is 5.91 Å². The van der Waals surface area contributed by atoms with Crippen LogP contribution in [0.2, 0.25) is 5.02 Å². The smallest absolute Gasteiger partial charge is 0.258 e. The van der Waals surface area contributed by atoms with Crippen LogP contribution in [0.15, 0.2) is 36.8 Å². The third kappa shape index (κ3) is 3.52. The summed E-state index contributed by atoms with van der Waals surface area (Å²) in [5.74, 6) is -0.700. The van der Waals surface area contributed by atoms with Crippen molar-refractivity contribution in [2.24, 2.45) is 5.41 Å². The van der Waals surface area contributed by atoms with E-state index in [-0.39, 0.29) is 34.7 Å². The number of carbonyl (C=O) groups is 2. The van der Waals surface area contributed by atoms with Crippen LogP contribution >= 0.6 is 11.6 Å². The van der Waals surface area contributed by atoms with Crippen molar-refractivity contribution < 1.29 is 18.7 Å². The Bertz CT molecular complexity index is 905. The predicted molar refractivity (Wildman–Crippen MR) is 97.9 cm³/mol. The summed E-state index contributed by atoms with van der Waals surface area (Å²) in [6, 6.07) is 4.00. The molecule has 2 aromatic rings. The Kier molecular flexibility index (Phi) is 4.66. The van der Waals surface area contributed by atoms with E-state index in [4.69, 9.17) is 16.3 Å². The summed E-state index contributed by atoms with van der Waals surface area (Å²) in [6.07, 6.45) is 6.57. The molecule has 1 aromatic carbocycles.